The number of ether oxygens (including phenoxy) is 2. The second kappa shape index (κ2) is 10.2. The van der Waals surface area contributed by atoms with Crippen LogP contribution in [0.3, 0.4) is 0 Å². The van der Waals surface area contributed by atoms with Gasteiger partial charge in [-0.25, -0.2) is 4.98 Å². The molecule has 0 aromatic carbocycles. The van der Waals surface area contributed by atoms with Crippen LogP contribution in [0.1, 0.15) is 33.4 Å². The number of nitrogens with one attached hydrogen (secondary N) is 1. The van der Waals surface area contributed by atoms with E-state index in [9.17, 15) is 24.4 Å². The minimum absolute atomic E-state index is 0.0375. The number of thiazole rings is 1. The largest absolute Gasteiger partial charge is 0.427 e. The van der Waals surface area contributed by atoms with E-state index in [0.29, 0.717) is 0 Å². The van der Waals surface area contributed by atoms with Gasteiger partial charge in [-0.2, -0.15) is 0 Å². The zero-order valence-electron chi connectivity index (χ0n) is 19.6. The Morgan fingerprint density at radius 1 is 1.40 bits per heavy atom. The summed E-state index contributed by atoms with van der Waals surface area (Å²) in [5, 5.41) is 16.1. The number of hydrogen-bond donors (Lipinski definition) is 3. The van der Waals surface area contributed by atoms with E-state index in [0.717, 1.165) is 11.3 Å². The summed E-state index contributed by atoms with van der Waals surface area (Å²) in [5.41, 5.74) is 3.42. The number of carbonyl (C=O) groups excluding carboxylic acids is 4. The molecular weight excluding hydrogens is 498 g/mol. The predicted octanol–water partition coefficient (Wildman–Crippen LogP) is 0.956. The minimum Gasteiger partial charge on any atom is -0.427 e. The van der Waals surface area contributed by atoms with Gasteiger partial charge < -0.3 is 30.6 Å². The second-order valence-corrected chi connectivity index (χ2v) is 11.0. The summed E-state index contributed by atoms with van der Waals surface area (Å²) in [6.45, 7) is 6.30. The van der Waals surface area contributed by atoms with Crippen molar-refractivity contribution >= 4 is 57.7 Å². The monoisotopic (exact) mass is 525 g/mol. The van der Waals surface area contributed by atoms with Crippen molar-refractivity contribution in [3.05, 3.63) is 23.2 Å². The fourth-order valence-corrected chi connectivity index (χ4v) is 5.58. The van der Waals surface area contributed by atoms with Crippen LogP contribution in [0.15, 0.2) is 22.7 Å². The first-order valence-corrected chi connectivity index (χ1v) is 12.5. The Labute approximate surface area is 209 Å². The predicted molar refractivity (Wildman–Crippen MR) is 128 cm³/mol. The number of nitrogens with two attached hydrogens (primary N) is 1. The Morgan fingerprint density at radius 3 is 2.69 bits per heavy atom. The zero-order chi connectivity index (χ0) is 26.0. The molecular formula is C21H27N5O7S2. The van der Waals surface area contributed by atoms with Gasteiger partial charge in [0.1, 0.15) is 22.5 Å². The number of fused-ring (bicyclic) bond motifs is 1. The highest BCUT2D eigenvalue weighted by atomic mass is 32.2. The maximum Gasteiger partial charge on any atom is 0.321 e. The van der Waals surface area contributed by atoms with Crippen LogP contribution in [0, 0.1) is 10.8 Å². The van der Waals surface area contributed by atoms with Crippen LogP contribution in [-0.2, 0) is 28.7 Å². The maximum atomic E-state index is 12.9. The normalized spacial score (nSPS) is 24.5. The Hall–Kier alpha value is -3.13. The molecule has 2 amide bonds. The highest BCUT2D eigenvalue weighted by molar-refractivity contribution is 8.00. The molecule has 2 aliphatic rings. The molecule has 3 rings (SSSR count). The van der Waals surface area contributed by atoms with Crippen LogP contribution in [0.2, 0.25) is 0 Å². The number of esters is 2. The third kappa shape index (κ3) is 5.42. The number of anilines is 1. The van der Waals surface area contributed by atoms with Gasteiger partial charge >= 0.3 is 11.9 Å². The fourth-order valence-electron chi connectivity index (χ4n) is 3.52. The third-order valence-corrected chi connectivity index (χ3v) is 7.58. The lowest BCUT2D eigenvalue weighted by Gasteiger charge is -2.53. The number of aromatic nitrogens is 1. The van der Waals surface area contributed by atoms with Gasteiger partial charge in [0.25, 0.3) is 5.91 Å². The fraction of sp³-hybridized carbons (Fsp3) is 0.524. The number of oxime groups is 1. The first-order valence-electron chi connectivity index (χ1n) is 10.6. The van der Waals surface area contributed by atoms with Crippen molar-refractivity contribution in [2.24, 2.45) is 16.0 Å². The van der Waals surface area contributed by atoms with Gasteiger partial charge in [-0.1, -0.05) is 17.3 Å². The van der Waals surface area contributed by atoms with Crippen LogP contribution in [0.5, 0.6) is 0 Å². The Morgan fingerprint density at radius 2 is 2.11 bits per heavy atom. The number of carbonyl (C=O) groups is 4. The first kappa shape index (κ1) is 26.5. The van der Waals surface area contributed by atoms with Crippen LogP contribution < -0.4 is 11.1 Å². The van der Waals surface area contributed by atoms with E-state index in [1.165, 1.54) is 22.0 Å². The topological polar surface area (TPSA) is 174 Å². The molecule has 3 atom stereocenters. The Bertz CT molecular complexity index is 1080. The van der Waals surface area contributed by atoms with E-state index < -0.39 is 52.8 Å². The average Bonchev–Trinajstić information content (AvgIpc) is 3.22. The number of thioether (sulfide) groups is 1. The van der Waals surface area contributed by atoms with E-state index in [4.69, 9.17) is 15.2 Å². The van der Waals surface area contributed by atoms with Crippen molar-refractivity contribution in [1.82, 2.24) is 15.2 Å². The lowest BCUT2D eigenvalue weighted by atomic mass is 9.86. The number of nitrogens with zero attached hydrogens (tertiary/aromatic N) is 3. The van der Waals surface area contributed by atoms with E-state index in [1.807, 2.05) is 0 Å². The Kier molecular flexibility index (Phi) is 7.74. The molecule has 3 heterocycles. The molecule has 0 bridgehead atoms. The molecule has 0 saturated carbocycles. The number of allylic oxidation sites excluding steroid dienone is 1. The minimum atomic E-state index is -1.13. The van der Waals surface area contributed by atoms with Gasteiger partial charge in [-0.15, -0.1) is 23.1 Å². The molecule has 0 spiro atoms. The summed E-state index contributed by atoms with van der Waals surface area (Å²) in [7, 11) is 0. The summed E-state index contributed by atoms with van der Waals surface area (Å²) in [6, 6.07) is -0.868. The van der Waals surface area contributed by atoms with Crippen LogP contribution in [0.25, 0.3) is 0 Å². The van der Waals surface area contributed by atoms with Crippen LogP contribution >= 0.6 is 23.1 Å². The average molecular weight is 526 g/mol. The standard InChI is InChI=1S/C21H27N5O7S2/c1-5-6-21(18(30)33-10-32-17(29)20(2,3)4)8-26-15(28)13(16(26)35-9-21)24-14(27)12(25-31)11-7-34-19(22)23-11/h5-7,13,16,31H,8-10H2,1-4H3,(H2,22,23)(H,24,27)/t13?,16-,21?/m1/s1. The third-order valence-electron chi connectivity index (χ3n) is 5.36. The summed E-state index contributed by atoms with van der Waals surface area (Å²) < 4.78 is 10.2. The molecule has 1 aromatic rings. The molecule has 4 N–H and O–H groups in total. The lowest BCUT2D eigenvalue weighted by molar-refractivity contribution is -0.178. The van der Waals surface area contributed by atoms with Crippen molar-refractivity contribution in [3.63, 3.8) is 0 Å². The van der Waals surface area contributed by atoms with Crippen molar-refractivity contribution < 1.29 is 33.9 Å². The number of rotatable bonds is 7. The maximum absolute atomic E-state index is 12.9. The Balaban J connectivity index is 1.63. The molecule has 0 aliphatic carbocycles. The quantitative estimate of drug-likeness (QED) is 0.0884. The van der Waals surface area contributed by atoms with Gasteiger partial charge in [0.05, 0.1) is 5.41 Å². The lowest BCUT2D eigenvalue weighted by Crippen LogP contribution is -2.74. The summed E-state index contributed by atoms with van der Waals surface area (Å²) in [6.07, 6.45) is 3.35. The van der Waals surface area contributed by atoms with Gasteiger partial charge in [0, 0.05) is 17.7 Å². The highest BCUT2D eigenvalue weighted by Crippen LogP contribution is 2.43. The van der Waals surface area contributed by atoms with E-state index >= 15 is 0 Å². The van der Waals surface area contributed by atoms with E-state index in [1.54, 1.807) is 39.8 Å². The molecule has 190 valence electrons. The molecule has 2 saturated heterocycles. The highest BCUT2D eigenvalue weighted by Gasteiger charge is 2.57. The molecule has 2 unspecified atom stereocenters. The van der Waals surface area contributed by atoms with Crippen molar-refractivity contribution in [2.75, 3.05) is 24.8 Å². The SMILES string of the molecule is CC=CC1(C(=O)OCOC(=O)C(C)(C)C)CS[C@@H]2C(NC(=O)C(=NO)c3csc(N)n3)C(=O)N2C1. The molecule has 1 aromatic heterocycles. The number of β-lactam (4-membered cyclic amide) rings is 1. The van der Waals surface area contributed by atoms with Crippen molar-refractivity contribution in [1.29, 1.82) is 0 Å². The van der Waals surface area contributed by atoms with Gasteiger partial charge in [-0.3, -0.25) is 19.2 Å². The summed E-state index contributed by atoms with van der Waals surface area (Å²) in [4.78, 5) is 55.7. The van der Waals surface area contributed by atoms with Crippen LogP contribution in [0.4, 0.5) is 5.13 Å². The van der Waals surface area contributed by atoms with Crippen LogP contribution in [-0.4, -0.2) is 75.1 Å². The summed E-state index contributed by atoms with van der Waals surface area (Å²) >= 11 is 2.38. The van der Waals surface area contributed by atoms with E-state index in [-0.39, 0.29) is 28.8 Å². The zero-order valence-corrected chi connectivity index (χ0v) is 21.3. The molecule has 2 aliphatic heterocycles. The first-order chi connectivity index (χ1) is 16.4. The van der Waals surface area contributed by atoms with Crippen molar-refractivity contribution in [2.45, 2.75) is 39.1 Å². The summed E-state index contributed by atoms with van der Waals surface area (Å²) in [5.74, 6) is -2.04. The van der Waals surface area contributed by atoms with Gasteiger partial charge in [-0.05, 0) is 27.7 Å². The van der Waals surface area contributed by atoms with E-state index in [2.05, 4.69) is 15.5 Å². The number of hydrogen-bond acceptors (Lipinski definition) is 12. The van der Waals surface area contributed by atoms with Gasteiger partial charge in [0.2, 0.25) is 12.7 Å². The molecule has 2 fully saturated rings. The van der Waals surface area contributed by atoms with Gasteiger partial charge in [0.15, 0.2) is 10.8 Å². The molecule has 0 radical (unpaired) electrons. The molecule has 12 nitrogen and oxygen atoms in total. The second-order valence-electron chi connectivity index (χ2n) is 9.03. The molecule has 14 heteroatoms. The van der Waals surface area contributed by atoms with Crippen molar-refractivity contribution in [3.8, 4) is 0 Å². The number of nitrogen functional groups attached to an aromatic ring is 1. The smallest absolute Gasteiger partial charge is 0.321 e. The number of amides is 2. The molecule has 35 heavy (non-hydrogen) atoms.